The van der Waals surface area contributed by atoms with Crippen LogP contribution in [0.1, 0.15) is 46.0 Å². The third-order valence-electron chi connectivity index (χ3n) is 1.93. The standard InChI is InChI=1S/C11H20O2/c1-4-7-8-9-10(5-2)13-11(12)6-3/h5,10H,2,4,6-9H2,1,3H3. The minimum Gasteiger partial charge on any atom is -0.458 e. The van der Waals surface area contributed by atoms with Gasteiger partial charge in [0.05, 0.1) is 0 Å². The molecule has 76 valence electrons. The maximum Gasteiger partial charge on any atom is 0.306 e. The number of unbranched alkanes of at least 4 members (excludes halogenated alkanes) is 2. The zero-order valence-corrected chi connectivity index (χ0v) is 8.71. The molecule has 0 aliphatic heterocycles. The van der Waals surface area contributed by atoms with Crippen molar-refractivity contribution in [3.05, 3.63) is 12.7 Å². The highest BCUT2D eigenvalue weighted by Gasteiger charge is 2.08. The highest BCUT2D eigenvalue weighted by Crippen LogP contribution is 2.08. The molecule has 0 radical (unpaired) electrons. The second-order valence-electron chi connectivity index (χ2n) is 3.11. The van der Waals surface area contributed by atoms with E-state index >= 15 is 0 Å². The summed E-state index contributed by atoms with van der Waals surface area (Å²) in [6.45, 7) is 7.60. The van der Waals surface area contributed by atoms with Crippen LogP contribution in [0.15, 0.2) is 12.7 Å². The number of hydrogen-bond donors (Lipinski definition) is 0. The number of rotatable bonds is 7. The van der Waals surface area contributed by atoms with Crippen LogP contribution >= 0.6 is 0 Å². The summed E-state index contributed by atoms with van der Waals surface area (Å²) in [6, 6.07) is 0. The van der Waals surface area contributed by atoms with Crippen LogP contribution in [0.4, 0.5) is 0 Å². The fourth-order valence-electron chi connectivity index (χ4n) is 1.07. The molecule has 0 N–H and O–H groups in total. The number of carbonyl (C=O) groups excluding carboxylic acids is 1. The van der Waals surface area contributed by atoms with Crippen LogP contribution in [-0.4, -0.2) is 12.1 Å². The van der Waals surface area contributed by atoms with Gasteiger partial charge in [-0.3, -0.25) is 4.79 Å². The Kier molecular flexibility index (Phi) is 7.36. The van der Waals surface area contributed by atoms with Crippen molar-refractivity contribution in [3.8, 4) is 0 Å². The summed E-state index contributed by atoms with van der Waals surface area (Å²) >= 11 is 0. The summed E-state index contributed by atoms with van der Waals surface area (Å²) in [5.74, 6) is -0.138. The van der Waals surface area contributed by atoms with Crippen LogP contribution in [0.25, 0.3) is 0 Å². The molecule has 0 fully saturated rings. The van der Waals surface area contributed by atoms with Crippen molar-refractivity contribution in [1.29, 1.82) is 0 Å². The minimum atomic E-state index is -0.138. The summed E-state index contributed by atoms with van der Waals surface area (Å²) in [4.78, 5) is 10.9. The first-order chi connectivity index (χ1) is 6.24. The Hall–Kier alpha value is -0.790. The maximum absolute atomic E-state index is 10.9. The van der Waals surface area contributed by atoms with Gasteiger partial charge in [-0.05, 0) is 12.8 Å². The average molecular weight is 184 g/mol. The number of ether oxygens (including phenoxy) is 1. The molecule has 13 heavy (non-hydrogen) atoms. The van der Waals surface area contributed by atoms with E-state index in [0.717, 1.165) is 12.8 Å². The second kappa shape index (κ2) is 7.84. The van der Waals surface area contributed by atoms with Gasteiger partial charge in [0.25, 0.3) is 0 Å². The van der Waals surface area contributed by atoms with E-state index < -0.39 is 0 Å². The monoisotopic (exact) mass is 184 g/mol. The summed E-state index contributed by atoms with van der Waals surface area (Å²) in [7, 11) is 0. The van der Waals surface area contributed by atoms with Gasteiger partial charge in [0.15, 0.2) is 0 Å². The predicted molar refractivity (Wildman–Crippen MR) is 54.5 cm³/mol. The van der Waals surface area contributed by atoms with Crippen molar-refractivity contribution in [3.63, 3.8) is 0 Å². The van der Waals surface area contributed by atoms with E-state index in [4.69, 9.17) is 4.74 Å². The molecule has 0 heterocycles. The molecule has 2 nitrogen and oxygen atoms in total. The van der Waals surface area contributed by atoms with Crippen LogP contribution in [-0.2, 0) is 9.53 Å². The number of hydrogen-bond acceptors (Lipinski definition) is 2. The molecule has 1 unspecified atom stereocenters. The predicted octanol–water partition coefficient (Wildman–Crippen LogP) is 3.07. The van der Waals surface area contributed by atoms with Crippen molar-refractivity contribution in [2.45, 2.75) is 52.1 Å². The maximum atomic E-state index is 10.9. The Balaban J connectivity index is 3.62. The molecule has 0 aliphatic rings. The lowest BCUT2D eigenvalue weighted by molar-refractivity contribution is -0.146. The number of carbonyl (C=O) groups is 1. The van der Waals surface area contributed by atoms with E-state index in [1.165, 1.54) is 12.8 Å². The van der Waals surface area contributed by atoms with E-state index in [1.807, 2.05) is 0 Å². The topological polar surface area (TPSA) is 26.3 Å². The molecule has 1 atom stereocenters. The molecule has 0 saturated carbocycles. The highest BCUT2D eigenvalue weighted by molar-refractivity contribution is 5.69. The van der Waals surface area contributed by atoms with Gasteiger partial charge in [0.2, 0.25) is 0 Å². The van der Waals surface area contributed by atoms with Gasteiger partial charge in [-0.25, -0.2) is 0 Å². The SMILES string of the molecule is C=CC(CCCCC)OC(=O)CC. The Labute approximate surface area is 81.0 Å². The second-order valence-corrected chi connectivity index (χ2v) is 3.11. The summed E-state index contributed by atoms with van der Waals surface area (Å²) < 4.78 is 5.14. The van der Waals surface area contributed by atoms with Gasteiger partial charge < -0.3 is 4.74 Å². The molecule has 0 amide bonds. The fraction of sp³-hybridized carbons (Fsp3) is 0.727. The molecular weight excluding hydrogens is 164 g/mol. The first-order valence-corrected chi connectivity index (χ1v) is 5.06. The summed E-state index contributed by atoms with van der Waals surface area (Å²) in [6.07, 6.45) is 6.45. The Morgan fingerprint density at radius 3 is 2.62 bits per heavy atom. The van der Waals surface area contributed by atoms with Gasteiger partial charge in [-0.15, -0.1) is 0 Å². The quantitative estimate of drug-likeness (QED) is 0.345. The van der Waals surface area contributed by atoms with Crippen LogP contribution in [0.3, 0.4) is 0 Å². The zero-order valence-electron chi connectivity index (χ0n) is 8.71. The third-order valence-corrected chi connectivity index (χ3v) is 1.93. The normalized spacial score (nSPS) is 12.2. The van der Waals surface area contributed by atoms with Gasteiger partial charge in [0, 0.05) is 6.42 Å². The number of esters is 1. The Bertz CT molecular complexity index is 152. The fourth-order valence-corrected chi connectivity index (χ4v) is 1.07. The van der Waals surface area contributed by atoms with Gasteiger partial charge >= 0.3 is 5.97 Å². The summed E-state index contributed by atoms with van der Waals surface area (Å²) in [5.41, 5.74) is 0. The molecule has 0 aromatic rings. The largest absolute Gasteiger partial charge is 0.458 e. The average Bonchev–Trinajstić information content (AvgIpc) is 2.16. The third kappa shape index (κ3) is 6.38. The molecule has 0 spiro atoms. The van der Waals surface area contributed by atoms with E-state index in [-0.39, 0.29) is 12.1 Å². The lowest BCUT2D eigenvalue weighted by atomic mass is 10.1. The molecule has 0 aromatic heterocycles. The molecule has 0 aromatic carbocycles. The van der Waals surface area contributed by atoms with Crippen LogP contribution in [0.5, 0.6) is 0 Å². The van der Waals surface area contributed by atoms with Crippen molar-refractivity contribution >= 4 is 5.97 Å². The van der Waals surface area contributed by atoms with E-state index in [9.17, 15) is 4.79 Å². The highest BCUT2D eigenvalue weighted by atomic mass is 16.5. The lowest BCUT2D eigenvalue weighted by Crippen LogP contribution is -2.14. The van der Waals surface area contributed by atoms with Crippen LogP contribution in [0.2, 0.25) is 0 Å². The molecule has 0 aliphatic carbocycles. The van der Waals surface area contributed by atoms with Crippen molar-refractivity contribution in [1.82, 2.24) is 0 Å². The van der Waals surface area contributed by atoms with Gasteiger partial charge in [0.1, 0.15) is 6.10 Å². The first kappa shape index (κ1) is 12.2. The first-order valence-electron chi connectivity index (χ1n) is 5.06. The molecular formula is C11H20O2. The van der Waals surface area contributed by atoms with Gasteiger partial charge in [-0.1, -0.05) is 39.3 Å². The Morgan fingerprint density at radius 1 is 1.46 bits per heavy atom. The zero-order chi connectivity index (χ0) is 10.1. The Morgan fingerprint density at radius 2 is 2.15 bits per heavy atom. The van der Waals surface area contributed by atoms with Gasteiger partial charge in [-0.2, -0.15) is 0 Å². The van der Waals surface area contributed by atoms with E-state index in [0.29, 0.717) is 6.42 Å². The lowest BCUT2D eigenvalue weighted by Gasteiger charge is -2.12. The van der Waals surface area contributed by atoms with Crippen LogP contribution in [0, 0.1) is 0 Å². The van der Waals surface area contributed by atoms with E-state index in [2.05, 4.69) is 13.5 Å². The molecule has 0 rings (SSSR count). The molecule has 2 heteroatoms. The van der Waals surface area contributed by atoms with Crippen molar-refractivity contribution < 1.29 is 9.53 Å². The molecule has 0 bridgehead atoms. The smallest absolute Gasteiger partial charge is 0.306 e. The van der Waals surface area contributed by atoms with Crippen molar-refractivity contribution in [2.75, 3.05) is 0 Å². The minimum absolute atomic E-state index is 0.0843. The molecule has 0 saturated heterocycles. The van der Waals surface area contributed by atoms with Crippen LogP contribution < -0.4 is 0 Å². The van der Waals surface area contributed by atoms with Crippen molar-refractivity contribution in [2.24, 2.45) is 0 Å². The summed E-state index contributed by atoms with van der Waals surface area (Å²) in [5, 5.41) is 0. The van der Waals surface area contributed by atoms with E-state index in [1.54, 1.807) is 13.0 Å².